The number of rotatable bonds is 6. The summed E-state index contributed by atoms with van der Waals surface area (Å²) in [5.41, 5.74) is -0.699. The Labute approximate surface area is 146 Å². The first-order valence-electron chi connectivity index (χ1n) is 7.58. The topological polar surface area (TPSA) is 66.4 Å². The highest BCUT2D eigenvalue weighted by molar-refractivity contribution is 5.85. The van der Waals surface area contributed by atoms with Gasteiger partial charge in [0.1, 0.15) is 11.9 Å². The summed E-state index contributed by atoms with van der Waals surface area (Å²) in [4.78, 5) is 23.3. The Hall–Kier alpha value is -2.90. The summed E-state index contributed by atoms with van der Waals surface area (Å²) in [5.74, 6) is -2.75. The first-order valence-corrected chi connectivity index (χ1v) is 7.58. The highest BCUT2D eigenvalue weighted by atomic mass is 19.4. The summed E-state index contributed by atoms with van der Waals surface area (Å²) < 4.78 is 51.7. The molecule has 0 aromatic heterocycles. The molecule has 1 amide bonds. The van der Waals surface area contributed by atoms with Crippen LogP contribution >= 0.6 is 0 Å². The van der Waals surface area contributed by atoms with Crippen LogP contribution in [0.25, 0.3) is 0 Å². The lowest BCUT2D eigenvalue weighted by atomic mass is 10.0. The van der Waals surface area contributed by atoms with Gasteiger partial charge >= 0.3 is 12.1 Å². The van der Waals surface area contributed by atoms with Gasteiger partial charge in [0, 0.05) is 6.42 Å². The summed E-state index contributed by atoms with van der Waals surface area (Å²) in [6.07, 6.45) is -5.25. The number of aliphatic carboxylic acids is 1. The molecule has 0 aliphatic rings. The highest BCUT2D eigenvalue weighted by Crippen LogP contribution is 2.29. The molecular weight excluding hydrogens is 354 g/mol. The van der Waals surface area contributed by atoms with Crippen LogP contribution in [0, 0.1) is 5.82 Å². The number of carbonyl (C=O) groups excluding carboxylic acids is 1. The monoisotopic (exact) mass is 369 g/mol. The van der Waals surface area contributed by atoms with Crippen LogP contribution < -0.4 is 5.32 Å². The Morgan fingerprint density at radius 3 is 2.38 bits per heavy atom. The van der Waals surface area contributed by atoms with E-state index >= 15 is 0 Å². The second-order valence-electron chi connectivity index (χ2n) is 5.63. The lowest BCUT2D eigenvalue weighted by Gasteiger charge is -2.15. The minimum Gasteiger partial charge on any atom is -0.480 e. The molecule has 8 heteroatoms. The fourth-order valence-electron chi connectivity index (χ4n) is 2.37. The largest absolute Gasteiger partial charge is 0.480 e. The smallest absolute Gasteiger partial charge is 0.416 e. The SMILES string of the molecule is O=C(Cc1cccc(C(F)(F)F)c1)N[C@@H](Cc1ccccc1F)C(=O)O. The van der Waals surface area contributed by atoms with Gasteiger partial charge in [0.2, 0.25) is 5.91 Å². The zero-order valence-corrected chi connectivity index (χ0v) is 13.4. The predicted molar refractivity (Wildman–Crippen MR) is 84.8 cm³/mol. The second-order valence-corrected chi connectivity index (χ2v) is 5.63. The predicted octanol–water partition coefficient (Wildman–Crippen LogP) is 3.20. The molecule has 0 bridgehead atoms. The number of hydrogen-bond acceptors (Lipinski definition) is 2. The van der Waals surface area contributed by atoms with Crippen molar-refractivity contribution in [3.05, 3.63) is 71.0 Å². The number of benzene rings is 2. The molecule has 0 aliphatic heterocycles. The molecule has 2 aromatic rings. The van der Waals surface area contributed by atoms with E-state index in [-0.39, 0.29) is 17.5 Å². The molecule has 2 rings (SSSR count). The molecule has 138 valence electrons. The van der Waals surface area contributed by atoms with E-state index in [1.807, 2.05) is 0 Å². The van der Waals surface area contributed by atoms with Gasteiger partial charge in [-0.3, -0.25) is 4.79 Å². The quantitative estimate of drug-likeness (QED) is 0.769. The molecular formula is C18H15F4NO3. The van der Waals surface area contributed by atoms with E-state index in [1.54, 1.807) is 0 Å². The van der Waals surface area contributed by atoms with Gasteiger partial charge in [-0.25, -0.2) is 9.18 Å². The van der Waals surface area contributed by atoms with Crippen molar-refractivity contribution in [1.29, 1.82) is 0 Å². The van der Waals surface area contributed by atoms with Crippen molar-refractivity contribution in [2.24, 2.45) is 0 Å². The van der Waals surface area contributed by atoms with Crippen molar-refractivity contribution in [1.82, 2.24) is 5.32 Å². The van der Waals surface area contributed by atoms with Crippen molar-refractivity contribution < 1.29 is 32.3 Å². The van der Waals surface area contributed by atoms with Gasteiger partial charge < -0.3 is 10.4 Å². The highest BCUT2D eigenvalue weighted by Gasteiger charge is 2.30. The van der Waals surface area contributed by atoms with Gasteiger partial charge in [-0.2, -0.15) is 13.2 Å². The lowest BCUT2D eigenvalue weighted by molar-refractivity contribution is -0.141. The molecule has 0 saturated carbocycles. The molecule has 0 radical (unpaired) electrons. The van der Waals surface area contributed by atoms with E-state index in [0.29, 0.717) is 0 Å². The van der Waals surface area contributed by atoms with E-state index in [4.69, 9.17) is 0 Å². The van der Waals surface area contributed by atoms with Crippen LogP contribution in [0.3, 0.4) is 0 Å². The zero-order chi connectivity index (χ0) is 19.3. The molecule has 2 N–H and O–H groups in total. The Morgan fingerprint density at radius 2 is 1.77 bits per heavy atom. The Kier molecular flexibility index (Phi) is 5.97. The van der Waals surface area contributed by atoms with Gasteiger partial charge in [0.05, 0.1) is 12.0 Å². The Balaban J connectivity index is 2.07. The van der Waals surface area contributed by atoms with Gasteiger partial charge in [0.25, 0.3) is 0 Å². The summed E-state index contributed by atoms with van der Waals surface area (Å²) in [7, 11) is 0. The van der Waals surface area contributed by atoms with E-state index in [1.165, 1.54) is 36.4 Å². The summed E-state index contributed by atoms with van der Waals surface area (Å²) in [6.45, 7) is 0. The average Bonchev–Trinajstić information content (AvgIpc) is 2.55. The summed E-state index contributed by atoms with van der Waals surface area (Å²) >= 11 is 0. The number of carboxylic acids is 1. The van der Waals surface area contributed by atoms with Crippen LogP contribution in [0.5, 0.6) is 0 Å². The number of carboxylic acid groups (broad SMARTS) is 1. The van der Waals surface area contributed by atoms with Crippen LogP contribution in [0.1, 0.15) is 16.7 Å². The maximum absolute atomic E-state index is 13.6. The maximum atomic E-state index is 13.6. The first kappa shape index (κ1) is 19.4. The van der Waals surface area contributed by atoms with E-state index in [9.17, 15) is 32.3 Å². The van der Waals surface area contributed by atoms with E-state index < -0.39 is 41.9 Å². The van der Waals surface area contributed by atoms with Crippen LogP contribution in [0.2, 0.25) is 0 Å². The van der Waals surface area contributed by atoms with Crippen molar-refractivity contribution in [3.63, 3.8) is 0 Å². The molecule has 0 spiro atoms. The molecule has 0 heterocycles. The fraction of sp³-hybridized carbons (Fsp3) is 0.222. The number of amides is 1. The van der Waals surface area contributed by atoms with Crippen molar-refractivity contribution >= 4 is 11.9 Å². The van der Waals surface area contributed by atoms with Gasteiger partial charge in [-0.05, 0) is 23.3 Å². The molecule has 0 aliphatic carbocycles. The average molecular weight is 369 g/mol. The normalized spacial score (nSPS) is 12.5. The van der Waals surface area contributed by atoms with Gasteiger partial charge in [-0.1, -0.05) is 36.4 Å². The summed E-state index contributed by atoms with van der Waals surface area (Å²) in [6, 6.07) is 8.34. The van der Waals surface area contributed by atoms with Crippen LogP contribution in [0.4, 0.5) is 17.6 Å². The molecule has 1 atom stereocenters. The lowest BCUT2D eigenvalue weighted by Crippen LogP contribution is -2.43. The molecule has 26 heavy (non-hydrogen) atoms. The Morgan fingerprint density at radius 1 is 1.08 bits per heavy atom. The number of nitrogens with one attached hydrogen (secondary N) is 1. The third kappa shape index (κ3) is 5.30. The van der Waals surface area contributed by atoms with Gasteiger partial charge in [0.15, 0.2) is 0 Å². The van der Waals surface area contributed by atoms with Gasteiger partial charge in [-0.15, -0.1) is 0 Å². The Bertz CT molecular complexity index is 805. The van der Waals surface area contributed by atoms with Crippen molar-refractivity contribution in [3.8, 4) is 0 Å². The van der Waals surface area contributed by atoms with Crippen molar-refractivity contribution in [2.45, 2.75) is 25.1 Å². The molecule has 0 fully saturated rings. The number of alkyl halides is 3. The molecule has 0 unspecified atom stereocenters. The van der Waals surface area contributed by atoms with Crippen LogP contribution in [0.15, 0.2) is 48.5 Å². The standard InChI is InChI=1S/C18H15F4NO3/c19-14-7-2-1-5-12(14)10-15(17(25)26)23-16(24)9-11-4-3-6-13(8-11)18(20,21)22/h1-8,15H,9-10H2,(H,23,24)(H,25,26)/t15-/m0/s1. The first-order chi connectivity index (χ1) is 12.2. The molecule has 4 nitrogen and oxygen atoms in total. The number of hydrogen-bond donors (Lipinski definition) is 2. The third-order valence-electron chi connectivity index (χ3n) is 3.63. The third-order valence-corrected chi connectivity index (χ3v) is 3.63. The maximum Gasteiger partial charge on any atom is 0.416 e. The molecule has 0 saturated heterocycles. The number of carbonyl (C=O) groups is 2. The second kappa shape index (κ2) is 7.99. The minimum atomic E-state index is -4.54. The number of halogens is 4. The zero-order valence-electron chi connectivity index (χ0n) is 13.4. The summed E-state index contributed by atoms with van der Waals surface area (Å²) in [5, 5.41) is 11.4. The fourth-order valence-corrected chi connectivity index (χ4v) is 2.37. The van der Waals surface area contributed by atoms with E-state index in [2.05, 4.69) is 5.32 Å². The van der Waals surface area contributed by atoms with Crippen LogP contribution in [-0.4, -0.2) is 23.0 Å². The molecule has 2 aromatic carbocycles. The minimum absolute atomic E-state index is 0.0901. The van der Waals surface area contributed by atoms with E-state index in [0.717, 1.165) is 12.1 Å². The van der Waals surface area contributed by atoms with Crippen molar-refractivity contribution in [2.75, 3.05) is 0 Å². The van der Waals surface area contributed by atoms with Crippen LogP contribution in [-0.2, 0) is 28.6 Å².